The Morgan fingerprint density at radius 1 is 1.15 bits per heavy atom. The highest BCUT2D eigenvalue weighted by atomic mass is 35.5. The van der Waals surface area contributed by atoms with Crippen LogP contribution in [0.4, 0.5) is 29.2 Å². The molecule has 2 heterocycles. The minimum atomic E-state index is -4.97. The lowest BCUT2D eigenvalue weighted by atomic mass is 10.0. The first-order chi connectivity index (χ1) is 18.9. The largest absolute Gasteiger partial charge is 0.419 e. The van der Waals surface area contributed by atoms with Crippen molar-refractivity contribution in [2.24, 2.45) is 0 Å². The van der Waals surface area contributed by atoms with Crippen LogP contribution < -0.4 is 21.0 Å². The lowest BCUT2D eigenvalue weighted by molar-refractivity contribution is -0.140. The molecule has 0 aliphatic heterocycles. The van der Waals surface area contributed by atoms with Gasteiger partial charge in [-0.15, -0.1) is 4.73 Å². The number of fused-ring (bicyclic) bond motifs is 1. The Morgan fingerprint density at radius 3 is 2.58 bits per heavy atom. The second-order valence-corrected chi connectivity index (χ2v) is 9.26. The van der Waals surface area contributed by atoms with Crippen LogP contribution in [0.15, 0.2) is 53.5 Å². The van der Waals surface area contributed by atoms with Crippen molar-refractivity contribution in [3.8, 4) is 11.1 Å². The molecule has 0 saturated heterocycles. The zero-order chi connectivity index (χ0) is 29.2. The number of hydrogen-bond donors (Lipinski definition) is 2. The number of pyridine rings is 1. The lowest BCUT2D eigenvalue weighted by Crippen LogP contribution is -2.28. The van der Waals surface area contributed by atoms with E-state index in [1.807, 2.05) is 19.0 Å². The molecule has 0 unspecified atom stereocenters. The van der Waals surface area contributed by atoms with Crippen molar-refractivity contribution >= 4 is 40.2 Å². The number of alkyl halides is 3. The van der Waals surface area contributed by atoms with Crippen molar-refractivity contribution < 1.29 is 27.2 Å². The van der Waals surface area contributed by atoms with Crippen LogP contribution in [0.5, 0.6) is 0 Å². The lowest BCUT2D eigenvalue weighted by Gasteiger charge is -2.14. The van der Waals surface area contributed by atoms with E-state index >= 15 is 0 Å². The number of aromatic nitrogens is 3. The number of amides is 1. The van der Waals surface area contributed by atoms with E-state index in [-0.39, 0.29) is 33.4 Å². The van der Waals surface area contributed by atoms with Gasteiger partial charge in [0, 0.05) is 40.9 Å². The molecule has 0 aliphatic carbocycles. The van der Waals surface area contributed by atoms with Crippen molar-refractivity contribution in [2.75, 3.05) is 44.9 Å². The predicted octanol–water partition coefficient (Wildman–Crippen LogP) is 4.55. The van der Waals surface area contributed by atoms with Gasteiger partial charge in [0.25, 0.3) is 11.5 Å². The summed E-state index contributed by atoms with van der Waals surface area (Å²) in [4.78, 5) is 41.9. The summed E-state index contributed by atoms with van der Waals surface area (Å²) in [6.07, 6.45) is -3.48. The van der Waals surface area contributed by atoms with Crippen LogP contribution in [0.1, 0.15) is 15.9 Å². The average Bonchev–Trinajstić information content (AvgIpc) is 2.89. The molecule has 0 atom stereocenters. The maximum Gasteiger partial charge on any atom is 0.419 e. The normalized spacial score (nSPS) is 11.6. The summed E-state index contributed by atoms with van der Waals surface area (Å²) in [5.74, 6) is -2.53. The van der Waals surface area contributed by atoms with E-state index in [0.29, 0.717) is 18.0 Å². The molecule has 9 nitrogen and oxygen atoms in total. The van der Waals surface area contributed by atoms with Crippen molar-refractivity contribution in [1.29, 1.82) is 0 Å². The number of nitrogens with zero attached hydrogens (tertiary/aromatic N) is 4. The fraction of sp³-hybridized carbons (Fsp3) is 0.231. The van der Waals surface area contributed by atoms with Gasteiger partial charge in [-0.25, -0.2) is 9.37 Å². The first-order valence-electron chi connectivity index (χ1n) is 11.7. The topological polar surface area (TPSA) is 101 Å². The fourth-order valence-corrected chi connectivity index (χ4v) is 4.06. The highest BCUT2D eigenvalue weighted by molar-refractivity contribution is 6.33. The number of halogens is 5. The molecule has 0 saturated carbocycles. The monoisotopic (exact) mass is 578 g/mol. The second kappa shape index (κ2) is 11.5. The van der Waals surface area contributed by atoms with E-state index in [0.717, 1.165) is 23.4 Å². The van der Waals surface area contributed by atoms with Crippen LogP contribution in [0.3, 0.4) is 0 Å². The van der Waals surface area contributed by atoms with Crippen LogP contribution in [0.25, 0.3) is 22.2 Å². The number of carbonyl (C=O) groups is 1. The second-order valence-electron chi connectivity index (χ2n) is 8.86. The van der Waals surface area contributed by atoms with E-state index in [9.17, 15) is 27.2 Å². The van der Waals surface area contributed by atoms with E-state index in [2.05, 4.69) is 20.6 Å². The number of anilines is 2. The van der Waals surface area contributed by atoms with Gasteiger partial charge in [-0.2, -0.15) is 18.2 Å². The maximum atomic E-state index is 14.5. The molecule has 0 spiro atoms. The molecule has 0 bridgehead atoms. The standard InChI is InChI=1S/C26H23ClF4N6O3/c1-36(2)10-9-32-25-33-13-14-11-18(24(39)37(40-3)22(14)35-25)17-12-15(7-8-20(17)27)34-23(38)16-5-4-6-19(21(16)28)26(29,30)31/h4-8,11-13H,9-10H2,1-3H3,(H,34,38)(H,32,33,35). The third-order valence-corrected chi connectivity index (χ3v) is 6.12. The van der Waals surface area contributed by atoms with Crippen molar-refractivity contribution in [1.82, 2.24) is 19.6 Å². The fourth-order valence-electron chi connectivity index (χ4n) is 3.84. The number of likely N-dealkylation sites (N-methyl/N-ethyl adjacent to an activating group) is 1. The molecular formula is C26H23ClF4N6O3. The Labute approximate surface area is 230 Å². The van der Waals surface area contributed by atoms with Crippen LogP contribution in [-0.4, -0.2) is 59.8 Å². The summed E-state index contributed by atoms with van der Waals surface area (Å²) in [6, 6.07) is 7.98. The molecule has 0 radical (unpaired) electrons. The Bertz CT molecular complexity index is 1640. The molecule has 4 rings (SSSR count). The number of carbonyl (C=O) groups excluding carboxylic acids is 1. The predicted molar refractivity (Wildman–Crippen MR) is 143 cm³/mol. The molecule has 2 aromatic carbocycles. The molecule has 4 aromatic rings. The molecule has 2 aromatic heterocycles. The Kier molecular flexibility index (Phi) is 8.26. The number of hydrogen-bond acceptors (Lipinski definition) is 7. The Balaban J connectivity index is 1.70. The summed E-state index contributed by atoms with van der Waals surface area (Å²) in [6.45, 7) is 1.29. The Hall–Kier alpha value is -4.23. The van der Waals surface area contributed by atoms with Gasteiger partial charge in [-0.05, 0) is 50.5 Å². The molecule has 2 N–H and O–H groups in total. The zero-order valence-electron chi connectivity index (χ0n) is 21.4. The van der Waals surface area contributed by atoms with E-state index < -0.39 is 34.6 Å². The molecule has 0 aliphatic rings. The van der Waals surface area contributed by atoms with Gasteiger partial charge in [0.1, 0.15) is 12.9 Å². The first-order valence-corrected chi connectivity index (χ1v) is 12.1. The Morgan fingerprint density at radius 2 is 1.90 bits per heavy atom. The van der Waals surface area contributed by atoms with Gasteiger partial charge in [-0.3, -0.25) is 9.59 Å². The van der Waals surface area contributed by atoms with E-state index in [4.69, 9.17) is 16.4 Å². The molecule has 210 valence electrons. The van der Waals surface area contributed by atoms with Gasteiger partial charge < -0.3 is 20.4 Å². The van der Waals surface area contributed by atoms with Crippen LogP contribution in [-0.2, 0) is 6.18 Å². The number of benzene rings is 2. The van der Waals surface area contributed by atoms with Crippen molar-refractivity contribution in [3.63, 3.8) is 0 Å². The summed E-state index contributed by atoms with van der Waals surface area (Å²) in [7, 11) is 5.12. The number of rotatable bonds is 8. The van der Waals surface area contributed by atoms with E-state index in [1.165, 1.54) is 37.6 Å². The third-order valence-electron chi connectivity index (χ3n) is 5.79. The first kappa shape index (κ1) is 28.8. The van der Waals surface area contributed by atoms with Crippen LogP contribution in [0, 0.1) is 5.82 Å². The summed E-state index contributed by atoms with van der Waals surface area (Å²) >= 11 is 6.38. The SMILES string of the molecule is COn1c(=O)c(-c2cc(NC(=O)c3cccc(C(F)(F)F)c3F)ccc2Cl)cc2cnc(NCCN(C)C)nc21. The molecule has 40 heavy (non-hydrogen) atoms. The maximum absolute atomic E-state index is 14.5. The minimum absolute atomic E-state index is 0.0568. The highest BCUT2D eigenvalue weighted by Crippen LogP contribution is 2.33. The van der Waals surface area contributed by atoms with E-state index in [1.54, 1.807) is 0 Å². The van der Waals surface area contributed by atoms with Crippen LogP contribution in [0.2, 0.25) is 5.02 Å². The zero-order valence-corrected chi connectivity index (χ0v) is 22.2. The summed E-state index contributed by atoms with van der Waals surface area (Å²) < 4.78 is 54.7. The quantitative estimate of drug-likeness (QED) is 0.296. The van der Waals surface area contributed by atoms with Gasteiger partial charge in [0.2, 0.25) is 5.95 Å². The third kappa shape index (κ3) is 6.00. The average molecular weight is 579 g/mol. The van der Waals surface area contributed by atoms with Crippen molar-refractivity contribution in [3.05, 3.63) is 81.0 Å². The molecule has 0 fully saturated rings. The summed E-state index contributed by atoms with van der Waals surface area (Å²) in [5, 5.41) is 5.98. The highest BCUT2D eigenvalue weighted by Gasteiger charge is 2.35. The van der Waals surface area contributed by atoms with Gasteiger partial charge in [-0.1, -0.05) is 17.7 Å². The molecular weight excluding hydrogens is 556 g/mol. The molecule has 14 heteroatoms. The van der Waals surface area contributed by atoms with Gasteiger partial charge in [0.15, 0.2) is 5.65 Å². The minimum Gasteiger partial charge on any atom is -0.412 e. The van der Waals surface area contributed by atoms with Gasteiger partial charge in [0.05, 0.1) is 16.7 Å². The van der Waals surface area contributed by atoms with Crippen LogP contribution >= 0.6 is 11.6 Å². The number of nitrogens with one attached hydrogen (secondary N) is 2. The van der Waals surface area contributed by atoms with Crippen molar-refractivity contribution in [2.45, 2.75) is 6.18 Å². The smallest absolute Gasteiger partial charge is 0.412 e. The summed E-state index contributed by atoms with van der Waals surface area (Å²) in [5.41, 5.74) is -2.49. The molecule has 1 amide bonds. The van der Waals surface area contributed by atoms with Gasteiger partial charge >= 0.3 is 6.18 Å².